The van der Waals surface area contributed by atoms with Crippen LogP contribution in [0.4, 0.5) is 8.78 Å². The third-order valence-corrected chi connectivity index (χ3v) is 5.10. The van der Waals surface area contributed by atoms with Crippen LogP contribution >= 0.6 is 23.2 Å². The average Bonchev–Trinajstić information content (AvgIpc) is 2.93. The Morgan fingerprint density at radius 1 is 1.12 bits per heavy atom. The third-order valence-electron chi connectivity index (χ3n) is 4.29. The minimum Gasteiger partial charge on any atom is -0.244 e. The summed E-state index contributed by atoms with van der Waals surface area (Å²) in [7, 11) is 0. The van der Waals surface area contributed by atoms with Gasteiger partial charge in [-0.3, -0.25) is 0 Å². The van der Waals surface area contributed by atoms with Crippen molar-refractivity contribution < 1.29 is 8.78 Å². The topological polar surface area (TPSA) is 50.7 Å². The molecule has 0 saturated heterocycles. The van der Waals surface area contributed by atoms with Crippen LogP contribution in [0.25, 0.3) is 11.3 Å². The Bertz CT molecular complexity index is 1110. The smallest absolute Gasteiger partial charge is 0.244 e. The number of nitrogens with one attached hydrogen (secondary N) is 1. The largest absolute Gasteiger partial charge is 0.361 e. The highest BCUT2D eigenvalue weighted by Crippen LogP contribution is 2.43. The van der Waals surface area contributed by atoms with E-state index in [0.717, 1.165) is 0 Å². The summed E-state index contributed by atoms with van der Waals surface area (Å²) in [6.07, 6.45) is 1.63. The van der Waals surface area contributed by atoms with E-state index in [9.17, 15) is 13.6 Å². The van der Waals surface area contributed by atoms with Gasteiger partial charge in [0.2, 0.25) is 0 Å². The fourth-order valence-electron chi connectivity index (χ4n) is 3.18. The van der Waals surface area contributed by atoms with Crippen LogP contribution in [-0.2, 0) is 0 Å². The molecule has 1 aliphatic heterocycles. The number of halogens is 4. The fourth-order valence-corrected chi connectivity index (χ4v) is 3.59. The minimum atomic E-state index is -0.724. The number of benzene rings is 2. The zero-order valence-corrected chi connectivity index (χ0v) is 14.9. The number of aromatic nitrogens is 3. The molecule has 1 unspecified atom stereocenters. The van der Waals surface area contributed by atoms with Crippen LogP contribution in [0.15, 0.2) is 41.2 Å². The summed E-state index contributed by atoms with van der Waals surface area (Å²) in [5.41, 5.74) is 0.266. The molecule has 26 heavy (non-hydrogen) atoms. The lowest BCUT2D eigenvalue weighted by atomic mass is 9.93. The first-order valence-corrected chi connectivity index (χ1v) is 8.48. The molecule has 0 spiro atoms. The molecule has 1 aliphatic rings. The molecule has 3 aromatic rings. The molecule has 0 radical (unpaired) electrons. The summed E-state index contributed by atoms with van der Waals surface area (Å²) in [4.78, 5) is 15.7. The molecule has 1 aromatic heterocycles. The van der Waals surface area contributed by atoms with Gasteiger partial charge in [0.15, 0.2) is 0 Å². The number of allylic oxidation sites excluding steroid dienone is 1. The summed E-state index contributed by atoms with van der Waals surface area (Å²) < 4.78 is 30.5. The first-order chi connectivity index (χ1) is 12.4. The number of aromatic amines is 1. The number of fused-ring (bicyclic) bond motifs is 3. The van der Waals surface area contributed by atoms with Gasteiger partial charge in [-0.25, -0.2) is 23.4 Å². The third kappa shape index (κ3) is 2.48. The molecule has 0 amide bonds. The van der Waals surface area contributed by atoms with Crippen molar-refractivity contribution in [2.75, 3.05) is 0 Å². The molecular formula is C18H11Cl2F2N3O. The highest BCUT2D eigenvalue weighted by Gasteiger charge is 2.28. The first-order valence-electron chi connectivity index (χ1n) is 7.72. The maximum atomic E-state index is 14.5. The van der Waals surface area contributed by atoms with Gasteiger partial charge in [-0.2, -0.15) is 4.98 Å². The predicted molar refractivity (Wildman–Crippen MR) is 96.1 cm³/mol. The normalized spacial score (nSPS) is 15.9. The number of H-pyrrole nitrogens is 1. The van der Waals surface area contributed by atoms with Crippen molar-refractivity contribution in [2.24, 2.45) is 0 Å². The van der Waals surface area contributed by atoms with E-state index >= 15 is 0 Å². The highest BCUT2D eigenvalue weighted by molar-refractivity contribution is 6.43. The Hall–Kier alpha value is -2.44. The summed E-state index contributed by atoms with van der Waals surface area (Å²) in [6.45, 7) is 1.77. The Labute approximate surface area is 156 Å². The van der Waals surface area contributed by atoms with Crippen molar-refractivity contribution in [3.63, 3.8) is 0 Å². The van der Waals surface area contributed by atoms with Gasteiger partial charge in [-0.05, 0) is 29.8 Å². The second-order valence-electron chi connectivity index (χ2n) is 5.94. The molecule has 8 heteroatoms. The predicted octanol–water partition coefficient (Wildman–Crippen LogP) is 4.69. The number of hydrogen-bond acceptors (Lipinski definition) is 2. The number of nitrogens with zero attached hydrogens (tertiary/aromatic N) is 2. The Balaban J connectivity index is 2.14. The number of hydrogen-bond donors (Lipinski definition) is 1. The lowest BCUT2D eigenvalue weighted by Crippen LogP contribution is -2.08. The summed E-state index contributed by atoms with van der Waals surface area (Å²) in [6, 6.07) is 6.81. The number of rotatable bonds is 1. The monoisotopic (exact) mass is 393 g/mol. The van der Waals surface area contributed by atoms with Gasteiger partial charge in [0, 0.05) is 11.5 Å². The zero-order valence-electron chi connectivity index (χ0n) is 13.4. The molecule has 4 rings (SSSR count). The molecule has 4 nitrogen and oxygen atoms in total. The van der Waals surface area contributed by atoms with Crippen LogP contribution in [0.1, 0.15) is 29.8 Å². The Morgan fingerprint density at radius 3 is 2.50 bits per heavy atom. The molecule has 132 valence electrons. The SMILES string of the molecule is CC1C=C(c2c(F)cccc2F)c2c(ccc(Cl)c2Cl)-n2[nH]c(=O)nc21. The van der Waals surface area contributed by atoms with Crippen LogP contribution in [0.2, 0.25) is 10.0 Å². The van der Waals surface area contributed by atoms with Crippen molar-refractivity contribution >= 4 is 28.8 Å². The Morgan fingerprint density at radius 2 is 1.81 bits per heavy atom. The van der Waals surface area contributed by atoms with Gasteiger partial charge in [-0.15, -0.1) is 0 Å². The molecule has 2 aromatic carbocycles. The van der Waals surface area contributed by atoms with Gasteiger partial charge in [0.25, 0.3) is 0 Å². The average molecular weight is 394 g/mol. The van der Waals surface area contributed by atoms with E-state index in [1.54, 1.807) is 25.1 Å². The van der Waals surface area contributed by atoms with Gasteiger partial charge in [-0.1, -0.05) is 42.3 Å². The maximum absolute atomic E-state index is 14.5. The molecule has 0 fully saturated rings. The minimum absolute atomic E-state index is 0.132. The van der Waals surface area contributed by atoms with Gasteiger partial charge >= 0.3 is 5.69 Å². The van der Waals surface area contributed by atoms with E-state index in [2.05, 4.69) is 10.1 Å². The van der Waals surface area contributed by atoms with Crippen LogP contribution in [0.3, 0.4) is 0 Å². The van der Waals surface area contributed by atoms with Crippen molar-refractivity contribution in [3.05, 3.63) is 85.5 Å². The maximum Gasteiger partial charge on any atom is 0.361 e. The molecular weight excluding hydrogens is 383 g/mol. The van der Waals surface area contributed by atoms with Gasteiger partial charge in [0.1, 0.15) is 17.5 Å². The van der Waals surface area contributed by atoms with Crippen molar-refractivity contribution in [1.29, 1.82) is 0 Å². The van der Waals surface area contributed by atoms with E-state index in [1.165, 1.54) is 22.9 Å². The molecule has 1 atom stereocenters. The molecule has 2 heterocycles. The lowest BCUT2D eigenvalue weighted by molar-refractivity contribution is 0.577. The highest BCUT2D eigenvalue weighted by atomic mass is 35.5. The second-order valence-corrected chi connectivity index (χ2v) is 6.73. The molecule has 1 N–H and O–H groups in total. The fraction of sp³-hybridized carbons (Fsp3) is 0.111. The molecule has 0 saturated carbocycles. The van der Waals surface area contributed by atoms with E-state index < -0.39 is 23.2 Å². The summed E-state index contributed by atoms with van der Waals surface area (Å²) in [5, 5.41) is 2.96. The summed E-state index contributed by atoms with van der Waals surface area (Å²) in [5.74, 6) is -1.46. The summed E-state index contributed by atoms with van der Waals surface area (Å²) >= 11 is 12.6. The second kappa shape index (κ2) is 6.07. The van der Waals surface area contributed by atoms with Crippen molar-refractivity contribution in [1.82, 2.24) is 14.8 Å². The zero-order chi connectivity index (χ0) is 18.6. The van der Waals surface area contributed by atoms with Crippen LogP contribution < -0.4 is 5.69 Å². The standard InChI is InChI=1S/C18H11Cl2F2N3O/c1-8-7-9(14-11(21)3-2-4-12(14)22)15-13(6-5-10(19)16(15)20)25-17(8)23-18(26)24-25/h2-8H,1H3,(H,24,26). The van der Waals surface area contributed by atoms with Gasteiger partial charge in [0.05, 0.1) is 21.3 Å². The van der Waals surface area contributed by atoms with Crippen LogP contribution in [0, 0.1) is 11.6 Å². The van der Waals surface area contributed by atoms with Crippen LogP contribution in [0.5, 0.6) is 0 Å². The lowest BCUT2D eigenvalue weighted by Gasteiger charge is -2.16. The van der Waals surface area contributed by atoms with E-state index in [-0.39, 0.29) is 21.2 Å². The van der Waals surface area contributed by atoms with E-state index in [0.29, 0.717) is 17.1 Å². The molecule has 0 bridgehead atoms. The first kappa shape index (κ1) is 17.0. The van der Waals surface area contributed by atoms with E-state index in [1.807, 2.05) is 0 Å². The van der Waals surface area contributed by atoms with Gasteiger partial charge < -0.3 is 0 Å². The van der Waals surface area contributed by atoms with E-state index in [4.69, 9.17) is 23.2 Å². The van der Waals surface area contributed by atoms with Crippen LogP contribution in [-0.4, -0.2) is 14.8 Å². The molecule has 0 aliphatic carbocycles. The van der Waals surface area contributed by atoms with Crippen molar-refractivity contribution in [3.8, 4) is 5.69 Å². The Kier molecular flexibility index (Phi) is 3.97. The van der Waals surface area contributed by atoms with Crippen molar-refractivity contribution in [2.45, 2.75) is 12.8 Å². The quantitative estimate of drug-likeness (QED) is 0.651.